The van der Waals surface area contributed by atoms with Gasteiger partial charge >= 0.3 is 5.63 Å². The smallest absolute Gasteiger partial charge is 0.336 e. The molecule has 2 aromatic rings. The Bertz CT molecular complexity index is 919. The molecule has 0 aliphatic rings. The molecule has 1 N–H and O–H groups in total. The van der Waals surface area contributed by atoms with Crippen molar-refractivity contribution in [2.75, 3.05) is 19.4 Å². The van der Waals surface area contributed by atoms with E-state index in [2.05, 4.69) is 5.32 Å². The van der Waals surface area contributed by atoms with E-state index >= 15 is 0 Å². The van der Waals surface area contributed by atoms with Crippen LogP contribution in [0.15, 0.2) is 44.4 Å². The Hall–Kier alpha value is -2.45. The zero-order chi connectivity index (χ0) is 18.1. The summed E-state index contributed by atoms with van der Waals surface area (Å²) in [6.07, 6.45) is 0. The molecule has 128 valence electrons. The van der Waals surface area contributed by atoms with Crippen LogP contribution in [-0.2, 0) is 10.0 Å². The van der Waals surface area contributed by atoms with Gasteiger partial charge in [0, 0.05) is 25.8 Å². The summed E-state index contributed by atoms with van der Waals surface area (Å²) in [5.41, 5.74) is 0.530. The van der Waals surface area contributed by atoms with Crippen LogP contribution >= 0.6 is 0 Å². The average molecular weight is 350 g/mol. The molecule has 0 aliphatic carbocycles. The number of hydrogen-bond donors (Lipinski definition) is 1. The van der Waals surface area contributed by atoms with Crippen LogP contribution in [-0.4, -0.2) is 32.7 Å². The van der Waals surface area contributed by atoms with Gasteiger partial charge in [-0.05, 0) is 37.6 Å². The molecule has 24 heavy (non-hydrogen) atoms. The van der Waals surface area contributed by atoms with E-state index in [1.807, 2.05) is 0 Å². The minimum absolute atomic E-state index is 0.0679. The first-order valence-corrected chi connectivity index (χ1v) is 8.52. The Morgan fingerprint density at radius 3 is 2.42 bits per heavy atom. The number of aryl methyl sites for hydroxylation is 2. The quantitative estimate of drug-likeness (QED) is 0.906. The molecule has 0 atom stereocenters. The maximum absolute atomic E-state index is 12.4. The van der Waals surface area contributed by atoms with Crippen molar-refractivity contribution in [3.63, 3.8) is 0 Å². The van der Waals surface area contributed by atoms with Crippen molar-refractivity contribution >= 4 is 21.6 Å². The summed E-state index contributed by atoms with van der Waals surface area (Å²) in [5, 5.41) is 2.63. The highest BCUT2D eigenvalue weighted by Crippen LogP contribution is 2.19. The maximum atomic E-state index is 12.4. The molecule has 1 aromatic carbocycles. The van der Waals surface area contributed by atoms with Gasteiger partial charge in [0.05, 0.1) is 10.5 Å². The normalized spacial score (nSPS) is 11.5. The fraction of sp³-hybridized carbons (Fsp3) is 0.250. The number of carbonyl (C=O) groups excluding carboxylic acids is 1. The maximum Gasteiger partial charge on any atom is 0.336 e. The number of anilines is 1. The second-order valence-electron chi connectivity index (χ2n) is 5.45. The van der Waals surface area contributed by atoms with Crippen molar-refractivity contribution in [1.82, 2.24) is 4.31 Å². The van der Waals surface area contributed by atoms with Gasteiger partial charge in [0.2, 0.25) is 10.0 Å². The monoisotopic (exact) mass is 350 g/mol. The standard InChI is InChI=1S/C16H18N2O5S/c1-10-8-14(19)23-11(2)15(10)16(20)17-12-6-5-7-13(9-12)24(21,22)18(3)4/h5-9H,1-4H3,(H,17,20). The number of benzene rings is 1. The summed E-state index contributed by atoms with van der Waals surface area (Å²) in [4.78, 5) is 23.8. The molecule has 1 heterocycles. The lowest BCUT2D eigenvalue weighted by atomic mass is 10.1. The number of nitrogens with one attached hydrogen (secondary N) is 1. The molecule has 0 spiro atoms. The second kappa shape index (κ2) is 6.58. The first-order chi connectivity index (χ1) is 11.1. The fourth-order valence-electron chi connectivity index (χ4n) is 2.24. The third-order valence-electron chi connectivity index (χ3n) is 3.43. The molecule has 0 radical (unpaired) electrons. The Labute approximate surface area is 140 Å². The van der Waals surface area contributed by atoms with E-state index in [9.17, 15) is 18.0 Å². The first kappa shape index (κ1) is 17.9. The van der Waals surface area contributed by atoms with Gasteiger partial charge in [0.15, 0.2) is 0 Å². The van der Waals surface area contributed by atoms with Gasteiger partial charge in [0.25, 0.3) is 5.91 Å². The third-order valence-corrected chi connectivity index (χ3v) is 5.24. The SMILES string of the molecule is Cc1cc(=O)oc(C)c1C(=O)Nc1cccc(S(=O)(=O)N(C)C)c1. The van der Waals surface area contributed by atoms with Crippen molar-refractivity contribution in [1.29, 1.82) is 0 Å². The molecule has 0 fully saturated rings. The van der Waals surface area contributed by atoms with E-state index < -0.39 is 21.6 Å². The number of nitrogens with zero attached hydrogens (tertiary/aromatic N) is 1. The van der Waals surface area contributed by atoms with Crippen LogP contribution in [0, 0.1) is 13.8 Å². The summed E-state index contributed by atoms with van der Waals surface area (Å²) < 4.78 is 30.3. The molecule has 0 saturated carbocycles. The molecule has 8 heteroatoms. The lowest BCUT2D eigenvalue weighted by Gasteiger charge is -2.13. The van der Waals surface area contributed by atoms with Crippen molar-refractivity contribution in [2.45, 2.75) is 18.7 Å². The minimum Gasteiger partial charge on any atom is -0.427 e. The Balaban J connectivity index is 2.36. The molecular formula is C16H18N2O5S. The van der Waals surface area contributed by atoms with Crippen LogP contribution in [0.5, 0.6) is 0 Å². The van der Waals surface area contributed by atoms with Gasteiger partial charge < -0.3 is 9.73 Å². The number of sulfonamides is 1. The predicted molar refractivity (Wildman–Crippen MR) is 89.7 cm³/mol. The fourth-order valence-corrected chi connectivity index (χ4v) is 3.18. The summed E-state index contributed by atoms with van der Waals surface area (Å²) >= 11 is 0. The van der Waals surface area contributed by atoms with Crippen molar-refractivity contribution in [3.05, 3.63) is 57.6 Å². The van der Waals surface area contributed by atoms with Gasteiger partial charge in [-0.2, -0.15) is 0 Å². The number of hydrogen-bond acceptors (Lipinski definition) is 5. The van der Waals surface area contributed by atoms with Crippen molar-refractivity contribution in [3.8, 4) is 0 Å². The van der Waals surface area contributed by atoms with Gasteiger partial charge in [-0.25, -0.2) is 17.5 Å². The average Bonchev–Trinajstić information content (AvgIpc) is 2.46. The third kappa shape index (κ3) is 3.55. The summed E-state index contributed by atoms with van der Waals surface area (Å²) in [6.45, 7) is 3.15. The highest BCUT2D eigenvalue weighted by Gasteiger charge is 2.19. The molecule has 0 bridgehead atoms. The molecule has 1 aromatic heterocycles. The van der Waals surface area contributed by atoms with Gasteiger partial charge in [0.1, 0.15) is 5.76 Å². The lowest BCUT2D eigenvalue weighted by molar-refractivity contribution is 0.102. The highest BCUT2D eigenvalue weighted by atomic mass is 32.2. The topological polar surface area (TPSA) is 96.7 Å². The molecule has 2 rings (SSSR count). The molecule has 7 nitrogen and oxygen atoms in total. The first-order valence-electron chi connectivity index (χ1n) is 7.08. The Morgan fingerprint density at radius 1 is 1.17 bits per heavy atom. The van der Waals surface area contributed by atoms with Gasteiger partial charge in [-0.15, -0.1) is 0 Å². The molecule has 0 aliphatic heterocycles. The van der Waals surface area contributed by atoms with Gasteiger partial charge in [-0.3, -0.25) is 4.79 Å². The van der Waals surface area contributed by atoms with Crippen molar-refractivity contribution in [2.24, 2.45) is 0 Å². The highest BCUT2D eigenvalue weighted by molar-refractivity contribution is 7.89. The van der Waals surface area contributed by atoms with E-state index in [1.165, 1.54) is 45.3 Å². The number of amides is 1. The van der Waals surface area contributed by atoms with Crippen LogP contribution in [0.1, 0.15) is 21.7 Å². The summed E-state index contributed by atoms with van der Waals surface area (Å²) in [7, 11) is -0.740. The van der Waals surface area contributed by atoms with E-state index in [4.69, 9.17) is 4.42 Å². The molecular weight excluding hydrogens is 332 g/mol. The zero-order valence-electron chi connectivity index (χ0n) is 13.8. The van der Waals surface area contributed by atoms with E-state index in [0.717, 1.165) is 4.31 Å². The Kier molecular flexibility index (Phi) is 4.91. The second-order valence-corrected chi connectivity index (χ2v) is 7.60. The van der Waals surface area contributed by atoms with Crippen LogP contribution in [0.2, 0.25) is 0 Å². The van der Waals surface area contributed by atoms with Crippen LogP contribution < -0.4 is 10.9 Å². The molecule has 1 amide bonds. The van der Waals surface area contributed by atoms with Gasteiger partial charge in [-0.1, -0.05) is 6.07 Å². The summed E-state index contributed by atoms with van der Waals surface area (Å²) in [5.74, 6) is -0.275. The predicted octanol–water partition coefficient (Wildman–Crippen LogP) is 1.76. The van der Waals surface area contributed by atoms with E-state index in [0.29, 0.717) is 11.3 Å². The van der Waals surface area contributed by atoms with Crippen LogP contribution in [0.3, 0.4) is 0 Å². The minimum atomic E-state index is -3.60. The van der Waals surface area contributed by atoms with E-state index in [1.54, 1.807) is 13.0 Å². The molecule has 0 saturated heterocycles. The van der Waals surface area contributed by atoms with E-state index in [-0.39, 0.29) is 16.2 Å². The van der Waals surface area contributed by atoms with Crippen LogP contribution in [0.4, 0.5) is 5.69 Å². The number of rotatable bonds is 4. The molecule has 0 unspecified atom stereocenters. The largest absolute Gasteiger partial charge is 0.427 e. The van der Waals surface area contributed by atoms with Crippen LogP contribution in [0.25, 0.3) is 0 Å². The zero-order valence-corrected chi connectivity index (χ0v) is 14.6. The lowest BCUT2D eigenvalue weighted by Crippen LogP contribution is -2.22. The summed E-state index contributed by atoms with van der Waals surface area (Å²) in [6, 6.07) is 7.17. The van der Waals surface area contributed by atoms with Crippen molar-refractivity contribution < 1.29 is 17.6 Å². The Morgan fingerprint density at radius 2 is 1.83 bits per heavy atom. The number of carbonyl (C=O) groups is 1.